The Kier molecular flexibility index (Phi) is 8.86. The molecule has 4 heteroatoms. The maximum Gasteiger partial charge on any atom is 0.234 e. The molecule has 118 valence electrons. The molecule has 1 amide bonds. The van der Waals surface area contributed by atoms with E-state index in [1.54, 1.807) is 0 Å². The Hall–Kier alpha value is -0.610. The van der Waals surface area contributed by atoms with E-state index in [1.165, 1.54) is 19.3 Å². The highest BCUT2D eigenvalue weighted by Crippen LogP contribution is 2.19. The third-order valence-corrected chi connectivity index (χ3v) is 4.16. The zero-order valence-electron chi connectivity index (χ0n) is 13.6. The first-order chi connectivity index (χ1) is 9.69. The number of hydrogen-bond donors (Lipinski definition) is 2. The molecule has 0 spiro atoms. The Bertz CT molecular complexity index is 270. The van der Waals surface area contributed by atoms with Gasteiger partial charge in [0.15, 0.2) is 0 Å². The summed E-state index contributed by atoms with van der Waals surface area (Å²) >= 11 is 0. The van der Waals surface area contributed by atoms with Crippen LogP contribution in [0.15, 0.2) is 0 Å². The predicted molar refractivity (Wildman–Crippen MR) is 84.9 cm³/mol. The molecule has 20 heavy (non-hydrogen) atoms. The lowest BCUT2D eigenvalue weighted by Gasteiger charge is -2.39. The van der Waals surface area contributed by atoms with Gasteiger partial charge in [-0.15, -0.1) is 0 Å². The SMILES string of the molecule is CCCCNC(=O)CN1CCCCC1C(C)NCCC. The maximum atomic E-state index is 12.0. The Morgan fingerprint density at radius 1 is 1.25 bits per heavy atom. The van der Waals surface area contributed by atoms with E-state index in [0.29, 0.717) is 18.6 Å². The molecule has 1 saturated heterocycles. The minimum atomic E-state index is 0.188. The summed E-state index contributed by atoms with van der Waals surface area (Å²) in [5, 5.41) is 6.62. The monoisotopic (exact) mass is 283 g/mol. The van der Waals surface area contributed by atoms with Crippen molar-refractivity contribution in [3.8, 4) is 0 Å². The summed E-state index contributed by atoms with van der Waals surface area (Å²) in [6.07, 6.45) is 7.08. The molecule has 4 nitrogen and oxygen atoms in total. The Balaban J connectivity index is 2.40. The van der Waals surface area contributed by atoms with Crippen LogP contribution in [0.4, 0.5) is 0 Å². The number of carbonyl (C=O) groups excluding carboxylic acids is 1. The van der Waals surface area contributed by atoms with Crippen molar-refractivity contribution in [1.29, 1.82) is 0 Å². The largest absolute Gasteiger partial charge is 0.355 e. The first-order valence-corrected chi connectivity index (χ1v) is 8.43. The molecule has 1 heterocycles. The van der Waals surface area contributed by atoms with Crippen molar-refractivity contribution in [3.63, 3.8) is 0 Å². The van der Waals surface area contributed by atoms with Gasteiger partial charge >= 0.3 is 0 Å². The van der Waals surface area contributed by atoms with Crippen LogP contribution in [-0.4, -0.2) is 49.1 Å². The van der Waals surface area contributed by atoms with E-state index in [4.69, 9.17) is 0 Å². The molecule has 2 unspecified atom stereocenters. The van der Waals surface area contributed by atoms with Gasteiger partial charge in [0.25, 0.3) is 0 Å². The molecule has 0 aromatic carbocycles. The number of nitrogens with one attached hydrogen (secondary N) is 2. The van der Waals surface area contributed by atoms with Crippen molar-refractivity contribution in [1.82, 2.24) is 15.5 Å². The van der Waals surface area contributed by atoms with Crippen LogP contribution in [-0.2, 0) is 4.79 Å². The quantitative estimate of drug-likeness (QED) is 0.637. The molecule has 0 aliphatic carbocycles. The summed E-state index contributed by atoms with van der Waals surface area (Å²) in [7, 11) is 0. The lowest BCUT2D eigenvalue weighted by molar-refractivity contribution is -0.123. The van der Waals surface area contributed by atoms with Crippen LogP contribution in [0.5, 0.6) is 0 Å². The zero-order valence-corrected chi connectivity index (χ0v) is 13.6. The number of rotatable bonds is 9. The molecule has 0 aromatic rings. The van der Waals surface area contributed by atoms with Crippen LogP contribution in [0.1, 0.15) is 59.3 Å². The second-order valence-corrected chi connectivity index (χ2v) is 5.98. The molecule has 0 aromatic heterocycles. The van der Waals surface area contributed by atoms with Gasteiger partial charge in [0.05, 0.1) is 6.54 Å². The average Bonchev–Trinajstić information content (AvgIpc) is 2.45. The van der Waals surface area contributed by atoms with E-state index in [0.717, 1.165) is 38.9 Å². The van der Waals surface area contributed by atoms with Crippen LogP contribution in [0.2, 0.25) is 0 Å². The van der Waals surface area contributed by atoms with Crippen molar-refractivity contribution in [2.24, 2.45) is 0 Å². The number of piperidine rings is 1. The van der Waals surface area contributed by atoms with Crippen LogP contribution in [0.3, 0.4) is 0 Å². The summed E-state index contributed by atoms with van der Waals surface area (Å²) in [5.74, 6) is 0.188. The summed E-state index contributed by atoms with van der Waals surface area (Å²) in [5.41, 5.74) is 0. The van der Waals surface area contributed by atoms with Crippen LogP contribution in [0.25, 0.3) is 0 Å². The molecule has 0 radical (unpaired) electrons. The van der Waals surface area contributed by atoms with E-state index in [2.05, 4.69) is 36.3 Å². The van der Waals surface area contributed by atoms with E-state index >= 15 is 0 Å². The smallest absolute Gasteiger partial charge is 0.234 e. The normalized spacial score (nSPS) is 21.6. The molecule has 1 aliphatic rings. The lowest BCUT2D eigenvalue weighted by atomic mass is 9.96. The summed E-state index contributed by atoms with van der Waals surface area (Å²) in [6.45, 7) is 10.1. The molecule has 0 bridgehead atoms. The number of hydrogen-bond acceptors (Lipinski definition) is 3. The lowest BCUT2D eigenvalue weighted by Crippen LogP contribution is -2.53. The third kappa shape index (κ3) is 6.23. The number of amides is 1. The van der Waals surface area contributed by atoms with E-state index in [-0.39, 0.29) is 5.91 Å². The Morgan fingerprint density at radius 3 is 2.75 bits per heavy atom. The highest BCUT2D eigenvalue weighted by atomic mass is 16.2. The second kappa shape index (κ2) is 10.2. The minimum absolute atomic E-state index is 0.188. The first kappa shape index (κ1) is 17.4. The minimum Gasteiger partial charge on any atom is -0.355 e. The fourth-order valence-corrected chi connectivity index (χ4v) is 2.93. The zero-order chi connectivity index (χ0) is 14.8. The van der Waals surface area contributed by atoms with Gasteiger partial charge in [-0.3, -0.25) is 9.69 Å². The first-order valence-electron chi connectivity index (χ1n) is 8.43. The molecule has 0 saturated carbocycles. The summed E-state index contributed by atoms with van der Waals surface area (Å²) in [6, 6.07) is 0.978. The highest BCUT2D eigenvalue weighted by molar-refractivity contribution is 5.78. The van der Waals surface area contributed by atoms with Crippen molar-refractivity contribution >= 4 is 5.91 Å². The molecule has 2 N–H and O–H groups in total. The number of nitrogens with zero attached hydrogens (tertiary/aromatic N) is 1. The molecular formula is C16H33N3O. The van der Waals surface area contributed by atoms with Crippen LogP contribution in [0, 0.1) is 0 Å². The van der Waals surface area contributed by atoms with Crippen molar-refractivity contribution in [2.45, 2.75) is 71.4 Å². The van der Waals surface area contributed by atoms with Gasteiger partial charge in [-0.1, -0.05) is 26.7 Å². The van der Waals surface area contributed by atoms with Crippen molar-refractivity contribution in [3.05, 3.63) is 0 Å². The molecular weight excluding hydrogens is 250 g/mol. The highest BCUT2D eigenvalue weighted by Gasteiger charge is 2.28. The fraction of sp³-hybridized carbons (Fsp3) is 0.938. The van der Waals surface area contributed by atoms with Gasteiger partial charge in [-0.25, -0.2) is 0 Å². The van der Waals surface area contributed by atoms with Crippen LogP contribution >= 0.6 is 0 Å². The standard InChI is InChI=1S/C16H33N3O/c1-4-6-11-18-16(20)13-19-12-8-7-9-15(19)14(3)17-10-5-2/h14-15,17H,4-13H2,1-3H3,(H,18,20). The van der Waals surface area contributed by atoms with Crippen molar-refractivity contribution < 1.29 is 4.79 Å². The topological polar surface area (TPSA) is 44.4 Å². The van der Waals surface area contributed by atoms with Gasteiger partial charge < -0.3 is 10.6 Å². The van der Waals surface area contributed by atoms with E-state index in [9.17, 15) is 4.79 Å². The average molecular weight is 283 g/mol. The van der Waals surface area contributed by atoms with Crippen LogP contribution < -0.4 is 10.6 Å². The number of carbonyl (C=O) groups is 1. The third-order valence-electron chi connectivity index (χ3n) is 4.16. The maximum absolute atomic E-state index is 12.0. The predicted octanol–water partition coefficient (Wildman–Crippen LogP) is 2.15. The fourth-order valence-electron chi connectivity index (χ4n) is 2.93. The molecule has 1 fully saturated rings. The summed E-state index contributed by atoms with van der Waals surface area (Å²) < 4.78 is 0. The molecule has 1 rings (SSSR count). The Labute approximate surface area is 124 Å². The molecule has 2 atom stereocenters. The van der Waals surface area contributed by atoms with Gasteiger partial charge in [-0.05, 0) is 45.7 Å². The van der Waals surface area contributed by atoms with E-state index in [1.807, 2.05) is 0 Å². The van der Waals surface area contributed by atoms with Gasteiger partial charge in [0.1, 0.15) is 0 Å². The van der Waals surface area contributed by atoms with Crippen molar-refractivity contribution in [2.75, 3.05) is 26.2 Å². The number of likely N-dealkylation sites (tertiary alicyclic amines) is 1. The van der Waals surface area contributed by atoms with Gasteiger partial charge in [-0.2, -0.15) is 0 Å². The Morgan fingerprint density at radius 2 is 2.05 bits per heavy atom. The number of unbranched alkanes of at least 4 members (excludes halogenated alkanes) is 1. The van der Waals surface area contributed by atoms with Gasteiger partial charge in [0, 0.05) is 18.6 Å². The second-order valence-electron chi connectivity index (χ2n) is 5.98. The van der Waals surface area contributed by atoms with Gasteiger partial charge in [0.2, 0.25) is 5.91 Å². The van der Waals surface area contributed by atoms with E-state index < -0.39 is 0 Å². The summed E-state index contributed by atoms with van der Waals surface area (Å²) in [4.78, 5) is 14.4. The molecule has 1 aliphatic heterocycles.